The van der Waals surface area contributed by atoms with Gasteiger partial charge < -0.3 is 15.8 Å². The van der Waals surface area contributed by atoms with Gasteiger partial charge in [-0.05, 0) is 13.0 Å². The maximum atomic E-state index is 11.3. The molecule has 1 atom stereocenters. The van der Waals surface area contributed by atoms with Gasteiger partial charge in [0, 0.05) is 12.1 Å². The Kier molecular flexibility index (Phi) is 2.13. The van der Waals surface area contributed by atoms with Gasteiger partial charge in [-0.15, -0.1) is 0 Å². The Balaban J connectivity index is 2.46. The number of hydrogen-bond donors (Lipinski definition) is 2. The first-order chi connectivity index (χ1) is 6.72. The average Bonchev–Trinajstić information content (AvgIpc) is 2.19. The number of hydrogen-bond acceptors (Lipinski definition) is 4. The van der Waals surface area contributed by atoms with E-state index in [2.05, 4.69) is 5.32 Å². The van der Waals surface area contributed by atoms with Crippen molar-refractivity contribution in [2.24, 2.45) is 5.73 Å². The third kappa shape index (κ3) is 1.33. The number of nitrogens with two attached hydrogens (primary N) is 1. The lowest BCUT2D eigenvalue weighted by Crippen LogP contribution is -2.35. The first-order valence-electron chi connectivity index (χ1n) is 4.52. The van der Waals surface area contributed by atoms with E-state index in [1.54, 1.807) is 6.92 Å². The largest absolute Gasteiger partial charge is 0.422 e. The van der Waals surface area contributed by atoms with Gasteiger partial charge in [0.1, 0.15) is 6.04 Å². The van der Waals surface area contributed by atoms with Gasteiger partial charge in [-0.2, -0.15) is 0 Å². The highest BCUT2D eigenvalue weighted by atomic mass is 16.5. The number of ether oxygens (including phenoxy) is 1. The normalized spacial score (nSPS) is 19.6. The average molecular weight is 192 g/mol. The van der Waals surface area contributed by atoms with Gasteiger partial charge in [0.25, 0.3) is 0 Å². The molecule has 3 N–H and O–H groups in total. The van der Waals surface area contributed by atoms with Crippen molar-refractivity contribution in [3.8, 4) is 5.75 Å². The zero-order valence-electron chi connectivity index (χ0n) is 7.91. The van der Waals surface area contributed by atoms with E-state index in [0.29, 0.717) is 12.3 Å². The van der Waals surface area contributed by atoms with E-state index in [1.807, 2.05) is 18.2 Å². The van der Waals surface area contributed by atoms with Crippen LogP contribution >= 0.6 is 0 Å². The molecule has 1 aromatic rings. The third-order valence-electron chi connectivity index (χ3n) is 2.24. The molecular weight excluding hydrogens is 180 g/mol. The molecule has 0 aromatic heterocycles. The fourth-order valence-corrected chi connectivity index (χ4v) is 1.46. The van der Waals surface area contributed by atoms with Crippen molar-refractivity contribution in [2.75, 3.05) is 5.32 Å². The maximum absolute atomic E-state index is 11.3. The van der Waals surface area contributed by atoms with Crippen molar-refractivity contribution >= 4 is 11.7 Å². The van der Waals surface area contributed by atoms with E-state index in [-0.39, 0.29) is 12.0 Å². The summed E-state index contributed by atoms with van der Waals surface area (Å²) < 4.78 is 5.18. The Labute approximate surface area is 82.1 Å². The molecule has 4 nitrogen and oxygen atoms in total. The van der Waals surface area contributed by atoms with Crippen LogP contribution in [0.1, 0.15) is 12.5 Å². The predicted octanol–water partition coefficient (Wildman–Crippen LogP) is 0.865. The predicted molar refractivity (Wildman–Crippen MR) is 53.1 cm³/mol. The molecule has 1 heterocycles. The highest BCUT2D eigenvalue weighted by Gasteiger charge is 2.25. The fraction of sp³-hybridized carbons (Fsp3) is 0.300. The Hall–Kier alpha value is -1.55. The number of carbonyl (C=O) groups is 1. The van der Waals surface area contributed by atoms with Crippen LogP contribution in [0.3, 0.4) is 0 Å². The third-order valence-corrected chi connectivity index (χ3v) is 2.24. The SMILES string of the molecule is CC1Nc2cccc(CN)c2OC1=O. The topological polar surface area (TPSA) is 64.3 Å². The lowest BCUT2D eigenvalue weighted by atomic mass is 10.1. The number of rotatable bonds is 1. The number of nitrogens with one attached hydrogen (secondary N) is 1. The molecule has 1 aromatic carbocycles. The number of anilines is 1. The molecule has 0 saturated carbocycles. The molecule has 1 unspecified atom stereocenters. The van der Waals surface area contributed by atoms with E-state index in [9.17, 15) is 4.79 Å². The first-order valence-corrected chi connectivity index (χ1v) is 4.52. The van der Waals surface area contributed by atoms with E-state index in [0.717, 1.165) is 11.3 Å². The quantitative estimate of drug-likeness (QED) is 0.511. The van der Waals surface area contributed by atoms with Crippen LogP contribution < -0.4 is 15.8 Å². The number of benzene rings is 1. The van der Waals surface area contributed by atoms with Crippen molar-refractivity contribution < 1.29 is 9.53 Å². The van der Waals surface area contributed by atoms with E-state index < -0.39 is 0 Å². The summed E-state index contributed by atoms with van der Waals surface area (Å²) in [7, 11) is 0. The first kappa shape index (κ1) is 9.02. The number of fused-ring (bicyclic) bond motifs is 1. The van der Waals surface area contributed by atoms with Crippen LogP contribution in [0.2, 0.25) is 0 Å². The molecule has 0 amide bonds. The van der Waals surface area contributed by atoms with Crippen molar-refractivity contribution in [3.05, 3.63) is 23.8 Å². The zero-order chi connectivity index (χ0) is 10.1. The molecular formula is C10H12N2O2. The van der Waals surface area contributed by atoms with Crippen molar-refractivity contribution in [3.63, 3.8) is 0 Å². The molecule has 0 spiro atoms. The van der Waals surface area contributed by atoms with Crippen LogP contribution in [0, 0.1) is 0 Å². The van der Waals surface area contributed by atoms with E-state index in [4.69, 9.17) is 10.5 Å². The highest BCUT2D eigenvalue weighted by molar-refractivity contribution is 5.87. The van der Waals surface area contributed by atoms with Crippen LogP contribution in [0.4, 0.5) is 5.69 Å². The number of carbonyl (C=O) groups excluding carboxylic acids is 1. The second-order valence-corrected chi connectivity index (χ2v) is 3.29. The van der Waals surface area contributed by atoms with Gasteiger partial charge in [-0.3, -0.25) is 0 Å². The zero-order valence-corrected chi connectivity index (χ0v) is 7.91. The molecule has 0 radical (unpaired) electrons. The Morgan fingerprint density at radius 3 is 3.07 bits per heavy atom. The van der Waals surface area contributed by atoms with Crippen LogP contribution in [0.25, 0.3) is 0 Å². The Bertz CT molecular complexity index is 376. The fourth-order valence-electron chi connectivity index (χ4n) is 1.46. The van der Waals surface area contributed by atoms with Crippen LogP contribution in [0.15, 0.2) is 18.2 Å². The summed E-state index contributed by atoms with van der Waals surface area (Å²) >= 11 is 0. The van der Waals surface area contributed by atoms with Crippen molar-refractivity contribution in [2.45, 2.75) is 19.5 Å². The smallest absolute Gasteiger partial charge is 0.333 e. The highest BCUT2D eigenvalue weighted by Crippen LogP contribution is 2.32. The van der Waals surface area contributed by atoms with Gasteiger partial charge in [-0.1, -0.05) is 12.1 Å². The molecule has 74 valence electrons. The summed E-state index contributed by atoms with van der Waals surface area (Å²) in [5, 5.41) is 3.05. The van der Waals surface area contributed by atoms with Crippen molar-refractivity contribution in [1.82, 2.24) is 0 Å². The van der Waals surface area contributed by atoms with Gasteiger partial charge in [0.15, 0.2) is 5.75 Å². The number of para-hydroxylation sites is 1. The van der Waals surface area contributed by atoms with E-state index >= 15 is 0 Å². The van der Waals surface area contributed by atoms with Crippen LogP contribution in [-0.4, -0.2) is 12.0 Å². The molecule has 0 aliphatic carbocycles. The minimum absolute atomic E-state index is 0.265. The van der Waals surface area contributed by atoms with Gasteiger partial charge >= 0.3 is 5.97 Å². The maximum Gasteiger partial charge on any atom is 0.333 e. The van der Waals surface area contributed by atoms with Gasteiger partial charge in [0.05, 0.1) is 5.69 Å². The molecule has 0 saturated heterocycles. The summed E-state index contributed by atoms with van der Waals surface area (Å²) in [5.41, 5.74) is 7.21. The van der Waals surface area contributed by atoms with Crippen molar-refractivity contribution in [1.29, 1.82) is 0 Å². The Morgan fingerprint density at radius 1 is 1.57 bits per heavy atom. The lowest BCUT2D eigenvalue weighted by Gasteiger charge is -2.24. The van der Waals surface area contributed by atoms with Gasteiger partial charge in [-0.25, -0.2) is 4.79 Å². The minimum atomic E-state index is -0.296. The summed E-state index contributed by atoms with van der Waals surface area (Å²) in [4.78, 5) is 11.3. The molecule has 0 bridgehead atoms. The monoisotopic (exact) mass is 192 g/mol. The van der Waals surface area contributed by atoms with E-state index in [1.165, 1.54) is 0 Å². The minimum Gasteiger partial charge on any atom is -0.422 e. The summed E-state index contributed by atoms with van der Waals surface area (Å²) in [6.45, 7) is 2.13. The lowest BCUT2D eigenvalue weighted by molar-refractivity contribution is -0.135. The second-order valence-electron chi connectivity index (χ2n) is 3.29. The molecule has 14 heavy (non-hydrogen) atoms. The van der Waals surface area contributed by atoms with Crippen LogP contribution in [0.5, 0.6) is 5.75 Å². The molecule has 1 aliphatic heterocycles. The standard InChI is InChI=1S/C10H12N2O2/c1-6-10(13)14-9-7(5-11)3-2-4-8(9)12-6/h2-4,6,12H,5,11H2,1H3. The van der Waals surface area contributed by atoms with Crippen LogP contribution in [-0.2, 0) is 11.3 Å². The summed E-state index contributed by atoms with van der Waals surface area (Å²) in [5.74, 6) is 0.302. The summed E-state index contributed by atoms with van der Waals surface area (Å²) in [6, 6.07) is 5.32. The second kappa shape index (κ2) is 3.31. The molecule has 2 rings (SSSR count). The molecule has 0 fully saturated rings. The number of esters is 1. The van der Waals surface area contributed by atoms with Gasteiger partial charge in [0.2, 0.25) is 0 Å². The molecule has 1 aliphatic rings. The Morgan fingerprint density at radius 2 is 2.36 bits per heavy atom. The summed E-state index contributed by atoms with van der Waals surface area (Å²) in [6.07, 6.45) is 0. The molecule has 4 heteroatoms.